The molecule has 0 aromatic carbocycles. The van der Waals surface area contributed by atoms with Crippen LogP contribution >= 0.6 is 0 Å². The van der Waals surface area contributed by atoms with Crippen LogP contribution in [0.2, 0.25) is 0 Å². The fraction of sp³-hybridized carbons (Fsp3) is 0.643. The maximum atomic E-state index is 5.55. The van der Waals surface area contributed by atoms with E-state index in [1.807, 2.05) is 13.1 Å². The number of hydrogen-bond donors (Lipinski definition) is 2. The molecule has 1 aromatic heterocycles. The smallest absolute Gasteiger partial charge is 0.0923 e. The second-order valence-corrected chi connectivity index (χ2v) is 4.06. The van der Waals surface area contributed by atoms with Crippen molar-refractivity contribution in [2.45, 2.75) is 32.6 Å². The quantitative estimate of drug-likeness (QED) is 0.490. The molecule has 0 saturated heterocycles. The van der Waals surface area contributed by atoms with Crippen molar-refractivity contribution in [3.63, 3.8) is 0 Å². The lowest BCUT2D eigenvalue weighted by Crippen LogP contribution is -2.17. The van der Waals surface area contributed by atoms with Crippen LogP contribution in [-0.4, -0.2) is 36.3 Å². The van der Waals surface area contributed by atoms with Gasteiger partial charge < -0.3 is 15.0 Å². The Hall–Kier alpha value is -1.31. The standard InChI is InChI=1S/C14H23N3O/c1-2-3-4-8-15-9-6-11-18-10-5-7-14-12-16-13-17-14/h12-13,15H,4-11H2,1H3,(H,16,17). The maximum absolute atomic E-state index is 5.55. The first-order chi connectivity index (χ1) is 8.93. The number of hydrogen-bond acceptors (Lipinski definition) is 3. The summed E-state index contributed by atoms with van der Waals surface area (Å²) in [5, 5.41) is 3.34. The Bertz CT molecular complexity index is 338. The minimum atomic E-state index is 0.814. The van der Waals surface area contributed by atoms with E-state index in [9.17, 15) is 0 Å². The van der Waals surface area contributed by atoms with Crippen molar-refractivity contribution < 1.29 is 4.74 Å². The largest absolute Gasteiger partial charge is 0.381 e. The Labute approximate surface area is 110 Å². The molecule has 0 unspecified atom stereocenters. The molecule has 1 rings (SSSR count). The monoisotopic (exact) mass is 249 g/mol. The second-order valence-electron chi connectivity index (χ2n) is 4.06. The summed E-state index contributed by atoms with van der Waals surface area (Å²) in [5.74, 6) is 5.91. The van der Waals surface area contributed by atoms with Crippen LogP contribution in [0, 0.1) is 11.8 Å². The number of nitrogens with one attached hydrogen (secondary N) is 2. The molecule has 0 amide bonds. The number of ether oxygens (including phenoxy) is 1. The van der Waals surface area contributed by atoms with Gasteiger partial charge in [-0.15, -0.1) is 11.8 Å². The molecule has 0 fully saturated rings. The van der Waals surface area contributed by atoms with Crippen LogP contribution < -0.4 is 5.32 Å². The molecule has 0 aliphatic carbocycles. The highest BCUT2D eigenvalue weighted by Crippen LogP contribution is 1.97. The number of nitrogens with zero attached hydrogens (tertiary/aromatic N) is 1. The molecule has 100 valence electrons. The molecule has 4 nitrogen and oxygen atoms in total. The maximum Gasteiger partial charge on any atom is 0.0923 e. The molecule has 0 bridgehead atoms. The highest BCUT2D eigenvalue weighted by Gasteiger charge is 1.95. The van der Waals surface area contributed by atoms with E-state index in [-0.39, 0.29) is 0 Å². The third-order valence-electron chi connectivity index (χ3n) is 2.52. The van der Waals surface area contributed by atoms with Gasteiger partial charge in [-0.1, -0.05) is 0 Å². The Kier molecular flexibility index (Phi) is 8.87. The van der Waals surface area contributed by atoms with E-state index in [2.05, 4.69) is 27.1 Å². The van der Waals surface area contributed by atoms with E-state index in [4.69, 9.17) is 4.74 Å². The summed E-state index contributed by atoms with van der Waals surface area (Å²) in [5.41, 5.74) is 1.11. The van der Waals surface area contributed by atoms with Crippen molar-refractivity contribution in [3.8, 4) is 11.8 Å². The van der Waals surface area contributed by atoms with E-state index in [0.717, 1.165) is 57.7 Å². The molecular formula is C14H23N3O. The molecule has 0 radical (unpaired) electrons. The summed E-state index contributed by atoms with van der Waals surface area (Å²) >= 11 is 0. The first-order valence-corrected chi connectivity index (χ1v) is 6.59. The summed E-state index contributed by atoms with van der Waals surface area (Å²) in [7, 11) is 0. The predicted octanol–water partition coefficient (Wildman–Crippen LogP) is 1.75. The Morgan fingerprint density at radius 3 is 3.00 bits per heavy atom. The van der Waals surface area contributed by atoms with Crippen LogP contribution in [-0.2, 0) is 11.2 Å². The summed E-state index contributed by atoms with van der Waals surface area (Å²) in [6.45, 7) is 5.49. The molecular weight excluding hydrogens is 226 g/mol. The number of aromatic amines is 1. The Morgan fingerprint density at radius 1 is 1.33 bits per heavy atom. The number of imidazole rings is 1. The fourth-order valence-corrected chi connectivity index (χ4v) is 1.59. The summed E-state index contributed by atoms with van der Waals surface area (Å²) in [6, 6.07) is 0. The first kappa shape index (κ1) is 14.7. The molecule has 1 heterocycles. The first-order valence-electron chi connectivity index (χ1n) is 6.59. The zero-order valence-electron chi connectivity index (χ0n) is 11.2. The van der Waals surface area contributed by atoms with Gasteiger partial charge in [-0.3, -0.25) is 0 Å². The summed E-state index contributed by atoms with van der Waals surface area (Å²) in [6.07, 6.45) is 7.65. The number of aromatic nitrogens is 2. The van der Waals surface area contributed by atoms with Crippen LogP contribution in [0.25, 0.3) is 0 Å². The second kappa shape index (κ2) is 10.8. The van der Waals surface area contributed by atoms with Crippen molar-refractivity contribution in [1.82, 2.24) is 15.3 Å². The van der Waals surface area contributed by atoms with Crippen molar-refractivity contribution in [3.05, 3.63) is 18.2 Å². The van der Waals surface area contributed by atoms with Crippen LogP contribution in [0.4, 0.5) is 0 Å². The molecule has 0 aliphatic rings. The number of rotatable bonds is 10. The molecule has 4 heteroatoms. The zero-order valence-corrected chi connectivity index (χ0v) is 11.2. The number of aryl methyl sites for hydroxylation is 1. The molecule has 0 atom stereocenters. The SMILES string of the molecule is CC#CCCNCCCOCCCc1c[nH]cn1. The predicted molar refractivity (Wildman–Crippen MR) is 73.3 cm³/mol. The Morgan fingerprint density at radius 2 is 2.22 bits per heavy atom. The third-order valence-corrected chi connectivity index (χ3v) is 2.52. The number of H-pyrrole nitrogens is 1. The van der Waals surface area contributed by atoms with Crippen molar-refractivity contribution in [1.29, 1.82) is 0 Å². The lowest BCUT2D eigenvalue weighted by Gasteiger charge is -2.04. The zero-order chi connectivity index (χ0) is 12.9. The van der Waals surface area contributed by atoms with E-state index in [1.165, 1.54) is 0 Å². The van der Waals surface area contributed by atoms with Gasteiger partial charge in [0.15, 0.2) is 0 Å². The van der Waals surface area contributed by atoms with Crippen LogP contribution in [0.5, 0.6) is 0 Å². The molecule has 2 N–H and O–H groups in total. The van der Waals surface area contributed by atoms with E-state index in [1.54, 1.807) is 6.33 Å². The minimum absolute atomic E-state index is 0.814. The van der Waals surface area contributed by atoms with E-state index in [0.29, 0.717) is 0 Å². The van der Waals surface area contributed by atoms with Crippen molar-refractivity contribution in [2.75, 3.05) is 26.3 Å². The third kappa shape index (κ3) is 7.88. The summed E-state index contributed by atoms with van der Waals surface area (Å²) in [4.78, 5) is 7.12. The normalized spacial score (nSPS) is 10.1. The highest BCUT2D eigenvalue weighted by atomic mass is 16.5. The molecule has 18 heavy (non-hydrogen) atoms. The van der Waals surface area contributed by atoms with Gasteiger partial charge in [0.1, 0.15) is 0 Å². The lowest BCUT2D eigenvalue weighted by atomic mass is 10.2. The average Bonchev–Trinajstić information content (AvgIpc) is 2.89. The van der Waals surface area contributed by atoms with E-state index >= 15 is 0 Å². The minimum Gasteiger partial charge on any atom is -0.381 e. The van der Waals surface area contributed by atoms with Gasteiger partial charge in [-0.25, -0.2) is 4.98 Å². The van der Waals surface area contributed by atoms with Gasteiger partial charge in [0.2, 0.25) is 0 Å². The van der Waals surface area contributed by atoms with Gasteiger partial charge in [0.05, 0.1) is 12.0 Å². The highest BCUT2D eigenvalue weighted by molar-refractivity contribution is 4.95. The molecule has 0 spiro atoms. The topological polar surface area (TPSA) is 49.9 Å². The fourth-order valence-electron chi connectivity index (χ4n) is 1.59. The Balaban J connectivity index is 1.77. The van der Waals surface area contributed by atoms with E-state index < -0.39 is 0 Å². The van der Waals surface area contributed by atoms with Crippen LogP contribution in [0.1, 0.15) is 31.9 Å². The van der Waals surface area contributed by atoms with Crippen molar-refractivity contribution in [2.24, 2.45) is 0 Å². The molecule has 0 aliphatic heterocycles. The van der Waals surface area contributed by atoms with Gasteiger partial charge in [-0.05, 0) is 32.7 Å². The van der Waals surface area contributed by atoms with Gasteiger partial charge in [-0.2, -0.15) is 0 Å². The average molecular weight is 249 g/mol. The van der Waals surface area contributed by atoms with Gasteiger partial charge in [0.25, 0.3) is 0 Å². The van der Waals surface area contributed by atoms with Gasteiger partial charge >= 0.3 is 0 Å². The van der Waals surface area contributed by atoms with Gasteiger partial charge in [0, 0.05) is 32.4 Å². The van der Waals surface area contributed by atoms with Crippen molar-refractivity contribution >= 4 is 0 Å². The summed E-state index contributed by atoms with van der Waals surface area (Å²) < 4.78 is 5.55. The van der Waals surface area contributed by atoms with Crippen LogP contribution in [0.3, 0.4) is 0 Å². The lowest BCUT2D eigenvalue weighted by molar-refractivity contribution is 0.129. The molecule has 1 aromatic rings. The molecule has 0 saturated carbocycles. The van der Waals surface area contributed by atoms with Crippen LogP contribution in [0.15, 0.2) is 12.5 Å².